The first-order valence-electron chi connectivity index (χ1n) is 9.89. The zero-order valence-corrected chi connectivity index (χ0v) is 19.1. The van der Waals surface area contributed by atoms with Crippen LogP contribution in [0.2, 0.25) is 0 Å². The summed E-state index contributed by atoms with van der Waals surface area (Å²) >= 11 is 0. The van der Waals surface area contributed by atoms with Gasteiger partial charge in [-0.05, 0) is 49.5 Å². The molecule has 0 radical (unpaired) electrons. The summed E-state index contributed by atoms with van der Waals surface area (Å²) in [4.78, 5) is 4.32. The maximum atomic E-state index is 5.47. The highest BCUT2D eigenvalue weighted by molar-refractivity contribution is 14.0. The Morgan fingerprint density at radius 1 is 1.04 bits per heavy atom. The fourth-order valence-electron chi connectivity index (χ4n) is 3.51. The standard InChI is InChI=1S/C21H35N3O2.HI/c1-22-21(23-13-6-14-26-16-15-25-2)24-17-18-9-11-20(12-10-18)19-7-4-3-5-8-19;/h3-5,7-8,18,20H,6,9-17H2,1-2H3,(H2,22,23,24);1H. The molecule has 0 heterocycles. The molecular formula is C21H36IN3O2. The van der Waals surface area contributed by atoms with Gasteiger partial charge in [0.1, 0.15) is 0 Å². The van der Waals surface area contributed by atoms with Crippen LogP contribution in [0.4, 0.5) is 0 Å². The van der Waals surface area contributed by atoms with Crippen molar-refractivity contribution in [1.29, 1.82) is 0 Å². The van der Waals surface area contributed by atoms with Crippen LogP contribution in [0.15, 0.2) is 35.3 Å². The van der Waals surface area contributed by atoms with Crippen molar-refractivity contribution in [2.75, 3.05) is 47.1 Å². The number of aliphatic imine (C=N–C) groups is 1. The van der Waals surface area contributed by atoms with Crippen LogP contribution in [0.1, 0.15) is 43.6 Å². The van der Waals surface area contributed by atoms with Crippen LogP contribution in [0.5, 0.6) is 0 Å². The number of hydrogen-bond acceptors (Lipinski definition) is 3. The molecule has 1 fully saturated rings. The lowest BCUT2D eigenvalue weighted by Gasteiger charge is -2.29. The second kappa shape index (κ2) is 15.1. The van der Waals surface area contributed by atoms with Crippen LogP contribution in [0, 0.1) is 5.92 Å². The Morgan fingerprint density at radius 3 is 2.44 bits per heavy atom. The summed E-state index contributed by atoms with van der Waals surface area (Å²) < 4.78 is 10.4. The predicted molar refractivity (Wildman–Crippen MR) is 123 cm³/mol. The third kappa shape index (κ3) is 9.76. The Hall–Kier alpha value is -0.860. The van der Waals surface area contributed by atoms with E-state index >= 15 is 0 Å². The molecule has 0 aliphatic heterocycles. The maximum Gasteiger partial charge on any atom is 0.190 e. The smallest absolute Gasteiger partial charge is 0.190 e. The summed E-state index contributed by atoms with van der Waals surface area (Å²) in [6.45, 7) is 3.94. The first-order chi connectivity index (χ1) is 12.8. The zero-order valence-electron chi connectivity index (χ0n) is 16.8. The minimum atomic E-state index is 0. The molecule has 1 aliphatic carbocycles. The number of methoxy groups -OCH3 is 1. The van der Waals surface area contributed by atoms with Gasteiger partial charge in [-0.1, -0.05) is 30.3 Å². The van der Waals surface area contributed by atoms with Gasteiger partial charge in [0.15, 0.2) is 5.96 Å². The topological polar surface area (TPSA) is 54.9 Å². The van der Waals surface area contributed by atoms with E-state index in [0.29, 0.717) is 13.2 Å². The van der Waals surface area contributed by atoms with Crippen LogP contribution in [0.25, 0.3) is 0 Å². The molecule has 1 aliphatic rings. The van der Waals surface area contributed by atoms with E-state index in [2.05, 4.69) is 46.0 Å². The van der Waals surface area contributed by atoms with Gasteiger partial charge in [-0.2, -0.15) is 0 Å². The molecular weight excluding hydrogens is 453 g/mol. The lowest BCUT2D eigenvalue weighted by molar-refractivity contribution is 0.0698. The van der Waals surface area contributed by atoms with Gasteiger partial charge in [-0.25, -0.2) is 0 Å². The summed E-state index contributed by atoms with van der Waals surface area (Å²) in [5, 5.41) is 6.85. The monoisotopic (exact) mass is 489 g/mol. The normalized spacial score (nSPS) is 20.0. The number of halogens is 1. The highest BCUT2D eigenvalue weighted by atomic mass is 127. The highest BCUT2D eigenvalue weighted by Crippen LogP contribution is 2.35. The Bertz CT molecular complexity index is 505. The Kier molecular flexibility index (Phi) is 13.5. The summed E-state index contributed by atoms with van der Waals surface area (Å²) in [5.41, 5.74) is 1.50. The summed E-state index contributed by atoms with van der Waals surface area (Å²) in [7, 11) is 3.52. The molecule has 0 atom stereocenters. The fourth-order valence-corrected chi connectivity index (χ4v) is 3.51. The van der Waals surface area contributed by atoms with Crippen molar-refractivity contribution in [2.45, 2.75) is 38.0 Å². The molecule has 154 valence electrons. The van der Waals surface area contributed by atoms with Gasteiger partial charge in [0.2, 0.25) is 0 Å². The Morgan fingerprint density at radius 2 is 1.78 bits per heavy atom. The largest absolute Gasteiger partial charge is 0.382 e. The van der Waals surface area contributed by atoms with Gasteiger partial charge in [0.25, 0.3) is 0 Å². The summed E-state index contributed by atoms with van der Waals surface area (Å²) in [6, 6.07) is 11.0. The number of ether oxygens (including phenoxy) is 2. The molecule has 0 unspecified atom stereocenters. The third-order valence-electron chi connectivity index (χ3n) is 5.09. The maximum absolute atomic E-state index is 5.47. The molecule has 2 N–H and O–H groups in total. The van der Waals surface area contributed by atoms with Crippen molar-refractivity contribution in [3.05, 3.63) is 35.9 Å². The number of benzene rings is 1. The quantitative estimate of drug-likeness (QED) is 0.227. The molecule has 1 aromatic carbocycles. The van der Waals surface area contributed by atoms with Crippen LogP contribution in [-0.4, -0.2) is 53.0 Å². The zero-order chi connectivity index (χ0) is 18.5. The van der Waals surface area contributed by atoms with E-state index in [1.54, 1.807) is 7.11 Å². The second-order valence-corrected chi connectivity index (χ2v) is 6.97. The minimum Gasteiger partial charge on any atom is -0.382 e. The molecule has 6 heteroatoms. The van der Waals surface area contributed by atoms with E-state index in [1.165, 1.54) is 31.2 Å². The molecule has 27 heavy (non-hydrogen) atoms. The van der Waals surface area contributed by atoms with Crippen molar-refractivity contribution in [1.82, 2.24) is 10.6 Å². The highest BCUT2D eigenvalue weighted by Gasteiger charge is 2.22. The van der Waals surface area contributed by atoms with Gasteiger partial charge >= 0.3 is 0 Å². The average Bonchev–Trinajstić information content (AvgIpc) is 2.70. The summed E-state index contributed by atoms with van der Waals surface area (Å²) in [5.74, 6) is 2.38. The second-order valence-electron chi connectivity index (χ2n) is 6.97. The van der Waals surface area contributed by atoms with Crippen LogP contribution in [-0.2, 0) is 9.47 Å². The first-order valence-corrected chi connectivity index (χ1v) is 9.89. The molecule has 0 amide bonds. The van der Waals surface area contributed by atoms with Gasteiger partial charge in [-0.3, -0.25) is 4.99 Å². The molecule has 2 rings (SSSR count). The van der Waals surface area contributed by atoms with Gasteiger partial charge < -0.3 is 20.1 Å². The van der Waals surface area contributed by atoms with Gasteiger partial charge in [-0.15, -0.1) is 24.0 Å². The number of nitrogens with zero attached hydrogens (tertiary/aromatic N) is 1. The van der Waals surface area contributed by atoms with E-state index in [4.69, 9.17) is 9.47 Å². The van der Waals surface area contributed by atoms with Crippen molar-refractivity contribution in [3.8, 4) is 0 Å². The number of guanidine groups is 1. The Balaban J connectivity index is 0.00000364. The first kappa shape index (κ1) is 24.2. The lowest BCUT2D eigenvalue weighted by atomic mass is 9.79. The molecule has 1 aromatic rings. The van der Waals surface area contributed by atoms with Crippen molar-refractivity contribution in [3.63, 3.8) is 0 Å². The number of nitrogens with one attached hydrogen (secondary N) is 2. The van der Waals surface area contributed by atoms with Gasteiger partial charge in [0, 0.05) is 33.9 Å². The Labute approximate surface area is 181 Å². The van der Waals surface area contributed by atoms with Crippen LogP contribution in [0.3, 0.4) is 0 Å². The third-order valence-corrected chi connectivity index (χ3v) is 5.09. The molecule has 0 aromatic heterocycles. The number of hydrogen-bond donors (Lipinski definition) is 2. The predicted octanol–water partition coefficient (Wildman–Crippen LogP) is 3.80. The van der Waals surface area contributed by atoms with Crippen molar-refractivity contribution >= 4 is 29.9 Å². The van der Waals surface area contributed by atoms with Crippen molar-refractivity contribution < 1.29 is 9.47 Å². The minimum absolute atomic E-state index is 0. The summed E-state index contributed by atoms with van der Waals surface area (Å²) in [6.07, 6.45) is 6.13. The van der Waals surface area contributed by atoms with Crippen LogP contribution < -0.4 is 10.6 Å². The molecule has 5 nitrogen and oxygen atoms in total. The SMILES string of the molecule is CN=C(NCCCOCCOC)NCC1CCC(c2ccccc2)CC1.I. The molecule has 0 spiro atoms. The van der Waals surface area contributed by atoms with Crippen molar-refractivity contribution in [2.24, 2.45) is 10.9 Å². The van der Waals surface area contributed by atoms with E-state index in [-0.39, 0.29) is 24.0 Å². The van der Waals surface area contributed by atoms with E-state index in [1.807, 2.05) is 7.05 Å². The van der Waals surface area contributed by atoms with Crippen LogP contribution >= 0.6 is 24.0 Å². The average molecular weight is 489 g/mol. The lowest BCUT2D eigenvalue weighted by Crippen LogP contribution is -2.40. The van der Waals surface area contributed by atoms with Gasteiger partial charge in [0.05, 0.1) is 13.2 Å². The van der Waals surface area contributed by atoms with E-state index in [9.17, 15) is 0 Å². The molecule has 0 bridgehead atoms. The fraction of sp³-hybridized carbons (Fsp3) is 0.667. The number of rotatable bonds is 10. The van der Waals surface area contributed by atoms with E-state index in [0.717, 1.165) is 43.9 Å². The molecule has 0 saturated heterocycles. The molecule has 1 saturated carbocycles. The van der Waals surface area contributed by atoms with E-state index < -0.39 is 0 Å².